The predicted molar refractivity (Wildman–Crippen MR) is 41.9 cm³/mol. The van der Waals surface area contributed by atoms with Gasteiger partial charge in [-0.05, 0) is 31.8 Å². The minimum atomic E-state index is 0.806. The lowest BCUT2D eigenvalue weighted by Crippen LogP contribution is -2.47. The van der Waals surface area contributed by atoms with Crippen molar-refractivity contribution in [1.29, 1.82) is 0 Å². The van der Waals surface area contributed by atoms with Crippen molar-refractivity contribution in [3.05, 3.63) is 0 Å². The Hall–Kier alpha value is 0.440. The van der Waals surface area contributed by atoms with E-state index in [4.69, 9.17) is 0 Å². The number of rotatable bonds is 0. The molecular formula is C7H12BrN. The number of alkyl halides is 1. The molecule has 0 saturated carbocycles. The quantitative estimate of drug-likeness (QED) is 0.523. The summed E-state index contributed by atoms with van der Waals surface area (Å²) in [5.74, 6) is 0.995. The number of hydrogen-bond donors (Lipinski definition) is 0. The molecule has 0 aromatic rings. The Bertz CT molecular complexity index is 107. The van der Waals surface area contributed by atoms with Crippen molar-refractivity contribution in [2.45, 2.75) is 17.7 Å². The van der Waals surface area contributed by atoms with Gasteiger partial charge in [0.2, 0.25) is 0 Å². The van der Waals surface area contributed by atoms with Gasteiger partial charge in [-0.1, -0.05) is 15.9 Å². The van der Waals surface area contributed by atoms with E-state index in [0.717, 1.165) is 10.7 Å². The zero-order valence-corrected chi connectivity index (χ0v) is 7.10. The molecule has 1 nitrogen and oxygen atoms in total. The van der Waals surface area contributed by atoms with Gasteiger partial charge in [-0.15, -0.1) is 0 Å². The summed E-state index contributed by atoms with van der Waals surface area (Å²) in [5.41, 5.74) is 0. The second kappa shape index (κ2) is 2.24. The second-order valence-corrected chi connectivity index (χ2v) is 4.33. The molecule has 3 heterocycles. The van der Waals surface area contributed by atoms with E-state index < -0.39 is 0 Å². The minimum Gasteiger partial charge on any atom is -0.302 e. The molecule has 2 bridgehead atoms. The summed E-state index contributed by atoms with van der Waals surface area (Å²) < 4.78 is 0. The molecule has 0 aromatic heterocycles. The van der Waals surface area contributed by atoms with Crippen LogP contribution < -0.4 is 0 Å². The highest BCUT2D eigenvalue weighted by molar-refractivity contribution is 9.09. The molecule has 3 rings (SSSR count). The maximum absolute atomic E-state index is 3.70. The molecule has 0 amide bonds. The SMILES string of the molecule is BrC1CN2CCC1CC2. The molecule has 0 aromatic carbocycles. The van der Waals surface area contributed by atoms with Crippen LogP contribution in [-0.4, -0.2) is 29.4 Å². The third kappa shape index (κ3) is 1.03. The molecule has 1 unspecified atom stereocenters. The fourth-order valence-corrected chi connectivity index (χ4v) is 2.83. The molecule has 1 atom stereocenters. The van der Waals surface area contributed by atoms with Gasteiger partial charge in [0.25, 0.3) is 0 Å². The van der Waals surface area contributed by atoms with E-state index in [-0.39, 0.29) is 0 Å². The molecule has 0 aliphatic carbocycles. The summed E-state index contributed by atoms with van der Waals surface area (Å²) in [6, 6.07) is 0. The zero-order valence-electron chi connectivity index (χ0n) is 5.52. The monoisotopic (exact) mass is 189 g/mol. The summed E-state index contributed by atoms with van der Waals surface area (Å²) in [6.45, 7) is 4.00. The lowest BCUT2D eigenvalue weighted by atomic mass is 9.88. The number of fused-ring (bicyclic) bond motifs is 3. The van der Waals surface area contributed by atoms with E-state index in [2.05, 4.69) is 20.8 Å². The average Bonchev–Trinajstić information content (AvgIpc) is 1.90. The summed E-state index contributed by atoms with van der Waals surface area (Å²) in [4.78, 5) is 3.36. The van der Waals surface area contributed by atoms with Gasteiger partial charge in [0.15, 0.2) is 0 Å². The van der Waals surface area contributed by atoms with E-state index in [1.54, 1.807) is 0 Å². The van der Waals surface area contributed by atoms with Crippen LogP contribution in [0, 0.1) is 5.92 Å². The maximum atomic E-state index is 3.70. The van der Waals surface area contributed by atoms with Crippen LogP contribution in [-0.2, 0) is 0 Å². The molecular weight excluding hydrogens is 178 g/mol. The van der Waals surface area contributed by atoms with Crippen molar-refractivity contribution >= 4 is 15.9 Å². The van der Waals surface area contributed by atoms with Crippen molar-refractivity contribution in [2.24, 2.45) is 5.92 Å². The number of nitrogens with zero attached hydrogens (tertiary/aromatic N) is 1. The standard InChI is InChI=1S/C7H12BrN/c8-7-5-9-3-1-6(7)2-4-9/h6-7H,1-5H2. The lowest BCUT2D eigenvalue weighted by molar-refractivity contribution is 0.120. The fourth-order valence-electron chi connectivity index (χ4n) is 1.89. The van der Waals surface area contributed by atoms with Gasteiger partial charge < -0.3 is 4.90 Å². The van der Waals surface area contributed by atoms with Crippen LogP contribution in [0.3, 0.4) is 0 Å². The van der Waals surface area contributed by atoms with E-state index in [9.17, 15) is 0 Å². The molecule has 3 aliphatic rings. The Morgan fingerprint density at radius 2 is 1.89 bits per heavy atom. The van der Waals surface area contributed by atoms with Gasteiger partial charge in [-0.25, -0.2) is 0 Å². The Morgan fingerprint density at radius 1 is 1.22 bits per heavy atom. The van der Waals surface area contributed by atoms with Crippen LogP contribution >= 0.6 is 15.9 Å². The first-order valence-corrected chi connectivity index (χ1v) is 4.64. The molecule has 3 aliphatic heterocycles. The van der Waals surface area contributed by atoms with Crippen LogP contribution in [0.4, 0.5) is 0 Å². The number of hydrogen-bond acceptors (Lipinski definition) is 1. The van der Waals surface area contributed by atoms with E-state index in [1.165, 1.54) is 32.5 Å². The third-order valence-electron chi connectivity index (χ3n) is 2.58. The first-order valence-electron chi connectivity index (χ1n) is 3.72. The summed E-state index contributed by atoms with van der Waals surface area (Å²) in [7, 11) is 0. The highest BCUT2D eigenvalue weighted by atomic mass is 79.9. The van der Waals surface area contributed by atoms with Crippen molar-refractivity contribution in [3.8, 4) is 0 Å². The summed E-state index contributed by atoms with van der Waals surface area (Å²) in [5, 5.41) is 0. The fraction of sp³-hybridized carbons (Fsp3) is 1.00. The molecule has 3 fully saturated rings. The van der Waals surface area contributed by atoms with Crippen molar-refractivity contribution in [1.82, 2.24) is 4.90 Å². The number of halogens is 1. The Morgan fingerprint density at radius 3 is 2.11 bits per heavy atom. The number of piperidine rings is 3. The topological polar surface area (TPSA) is 3.24 Å². The van der Waals surface area contributed by atoms with Crippen molar-refractivity contribution < 1.29 is 0 Å². The van der Waals surface area contributed by atoms with E-state index >= 15 is 0 Å². The molecule has 0 radical (unpaired) electrons. The van der Waals surface area contributed by atoms with Gasteiger partial charge in [0.05, 0.1) is 0 Å². The predicted octanol–water partition coefficient (Wildman–Crippen LogP) is 1.48. The van der Waals surface area contributed by atoms with Gasteiger partial charge in [0.1, 0.15) is 0 Å². The van der Waals surface area contributed by atoms with Gasteiger partial charge in [0, 0.05) is 11.4 Å². The average molecular weight is 190 g/mol. The molecule has 52 valence electrons. The Kier molecular flexibility index (Phi) is 1.54. The van der Waals surface area contributed by atoms with Crippen LogP contribution in [0.2, 0.25) is 0 Å². The smallest absolute Gasteiger partial charge is 0.0302 e. The second-order valence-electron chi connectivity index (χ2n) is 3.15. The van der Waals surface area contributed by atoms with Crippen LogP contribution in [0.15, 0.2) is 0 Å². The molecule has 3 saturated heterocycles. The third-order valence-corrected chi connectivity index (χ3v) is 3.61. The lowest BCUT2D eigenvalue weighted by Gasteiger charge is -2.42. The summed E-state index contributed by atoms with van der Waals surface area (Å²) in [6.07, 6.45) is 2.85. The van der Waals surface area contributed by atoms with Crippen LogP contribution in [0.5, 0.6) is 0 Å². The first kappa shape index (κ1) is 6.17. The Labute approximate surface area is 64.5 Å². The highest BCUT2D eigenvalue weighted by Crippen LogP contribution is 2.31. The maximum Gasteiger partial charge on any atom is 0.0302 e. The zero-order chi connectivity index (χ0) is 6.27. The molecule has 9 heavy (non-hydrogen) atoms. The van der Waals surface area contributed by atoms with E-state index in [1.807, 2.05) is 0 Å². The normalized spacial score (nSPS) is 49.7. The van der Waals surface area contributed by atoms with Crippen LogP contribution in [0.25, 0.3) is 0 Å². The highest BCUT2D eigenvalue weighted by Gasteiger charge is 2.31. The van der Waals surface area contributed by atoms with Gasteiger partial charge >= 0.3 is 0 Å². The van der Waals surface area contributed by atoms with Crippen LogP contribution in [0.1, 0.15) is 12.8 Å². The van der Waals surface area contributed by atoms with Crippen molar-refractivity contribution in [3.63, 3.8) is 0 Å². The molecule has 0 spiro atoms. The first-order chi connectivity index (χ1) is 4.36. The summed E-state index contributed by atoms with van der Waals surface area (Å²) >= 11 is 3.70. The van der Waals surface area contributed by atoms with Gasteiger partial charge in [-0.3, -0.25) is 0 Å². The largest absolute Gasteiger partial charge is 0.302 e. The van der Waals surface area contributed by atoms with Gasteiger partial charge in [-0.2, -0.15) is 0 Å². The molecule has 0 N–H and O–H groups in total. The van der Waals surface area contributed by atoms with E-state index in [0.29, 0.717) is 0 Å². The Balaban J connectivity index is 2.06. The van der Waals surface area contributed by atoms with Crippen molar-refractivity contribution in [2.75, 3.05) is 19.6 Å². The molecule has 2 heteroatoms. The minimum absolute atomic E-state index is 0.806.